The van der Waals surface area contributed by atoms with Crippen LogP contribution in [0.3, 0.4) is 0 Å². The Morgan fingerprint density at radius 3 is 2.71 bits per heavy atom. The van der Waals surface area contributed by atoms with Crippen molar-refractivity contribution in [2.24, 2.45) is 0 Å². The van der Waals surface area contributed by atoms with Gasteiger partial charge in [-0.3, -0.25) is 4.79 Å². The average molecular weight is 346 g/mol. The molecule has 0 unspecified atom stereocenters. The predicted molar refractivity (Wildman–Crippen MR) is 90.9 cm³/mol. The van der Waals surface area contributed by atoms with Gasteiger partial charge in [0.05, 0.1) is 12.0 Å². The molecule has 2 heterocycles. The molecule has 0 aliphatic carbocycles. The molecular formula is C16H16ClN5O2. The van der Waals surface area contributed by atoms with Crippen LogP contribution in [0.2, 0.25) is 5.02 Å². The number of hydrogen-bond acceptors (Lipinski definition) is 5. The van der Waals surface area contributed by atoms with Crippen molar-refractivity contribution in [3.63, 3.8) is 0 Å². The number of benzene rings is 1. The van der Waals surface area contributed by atoms with Crippen LogP contribution in [0.1, 0.15) is 5.56 Å². The van der Waals surface area contributed by atoms with Crippen LogP contribution in [-0.2, 0) is 11.3 Å². The second-order valence-corrected chi connectivity index (χ2v) is 6.15. The fourth-order valence-electron chi connectivity index (χ4n) is 2.45. The molecule has 24 heavy (non-hydrogen) atoms. The minimum Gasteiger partial charge on any atom is -0.507 e. The summed E-state index contributed by atoms with van der Waals surface area (Å²) in [6.45, 7) is 1.98. The van der Waals surface area contributed by atoms with Crippen molar-refractivity contribution in [1.29, 1.82) is 0 Å². The van der Waals surface area contributed by atoms with Crippen molar-refractivity contribution in [3.8, 4) is 17.0 Å². The van der Waals surface area contributed by atoms with Gasteiger partial charge in [0.1, 0.15) is 17.8 Å². The summed E-state index contributed by atoms with van der Waals surface area (Å²) in [5, 5.41) is 19.0. The van der Waals surface area contributed by atoms with Crippen molar-refractivity contribution in [1.82, 2.24) is 24.6 Å². The fraction of sp³-hybridized carbons (Fsp3) is 0.250. The fourth-order valence-corrected chi connectivity index (χ4v) is 2.71. The molecule has 7 nitrogen and oxygen atoms in total. The van der Waals surface area contributed by atoms with E-state index in [1.54, 1.807) is 37.1 Å². The number of rotatable bonds is 3. The number of hydrogen-bond donors (Lipinski definition) is 1. The maximum Gasteiger partial charge on any atom is 0.242 e. The highest BCUT2D eigenvalue weighted by Gasteiger charge is 2.15. The van der Waals surface area contributed by atoms with E-state index in [1.165, 1.54) is 11.0 Å². The van der Waals surface area contributed by atoms with Gasteiger partial charge in [-0.05, 0) is 30.7 Å². The van der Waals surface area contributed by atoms with E-state index in [-0.39, 0.29) is 18.2 Å². The number of aromatic hydroxyl groups is 1. The summed E-state index contributed by atoms with van der Waals surface area (Å²) >= 11 is 5.93. The van der Waals surface area contributed by atoms with Gasteiger partial charge >= 0.3 is 0 Å². The number of carbonyl (C=O) groups excluding carboxylic acids is 1. The van der Waals surface area contributed by atoms with Crippen molar-refractivity contribution in [3.05, 3.63) is 35.1 Å². The van der Waals surface area contributed by atoms with Crippen LogP contribution in [0.4, 0.5) is 0 Å². The minimum absolute atomic E-state index is 0.0378. The van der Waals surface area contributed by atoms with E-state index in [0.29, 0.717) is 27.4 Å². The molecule has 0 radical (unpaired) electrons. The number of phenols is 1. The largest absolute Gasteiger partial charge is 0.507 e. The number of amides is 1. The van der Waals surface area contributed by atoms with E-state index in [2.05, 4.69) is 15.2 Å². The Labute approximate surface area is 143 Å². The third-order valence-electron chi connectivity index (χ3n) is 3.70. The number of halogens is 1. The number of aromatic nitrogens is 4. The van der Waals surface area contributed by atoms with E-state index in [4.69, 9.17) is 11.6 Å². The SMILES string of the molecule is Cc1cc(Cl)cc(O)c1-c1cc2ncn(CC(=O)N(C)C)c2nn1. The molecule has 0 fully saturated rings. The standard InChI is InChI=1S/C16H16ClN5O2/c1-9-4-10(17)5-13(23)15(9)11-6-12-16(20-19-11)22(8-18-12)7-14(24)21(2)3/h4-6,8,23H,7H2,1-3H3. The Kier molecular flexibility index (Phi) is 4.11. The predicted octanol–water partition coefficient (Wildman–Crippen LogP) is 2.25. The Morgan fingerprint density at radius 2 is 2.04 bits per heavy atom. The summed E-state index contributed by atoms with van der Waals surface area (Å²) in [6.07, 6.45) is 1.55. The maximum absolute atomic E-state index is 11.8. The zero-order valence-electron chi connectivity index (χ0n) is 13.5. The van der Waals surface area contributed by atoms with Crippen LogP contribution in [0, 0.1) is 6.92 Å². The van der Waals surface area contributed by atoms with Gasteiger partial charge in [-0.25, -0.2) is 4.98 Å². The summed E-state index contributed by atoms with van der Waals surface area (Å²) < 4.78 is 1.64. The second-order valence-electron chi connectivity index (χ2n) is 5.72. The quantitative estimate of drug-likeness (QED) is 0.787. The van der Waals surface area contributed by atoms with E-state index in [9.17, 15) is 9.90 Å². The number of phenolic OH excluding ortho intramolecular Hbond substituents is 1. The van der Waals surface area contributed by atoms with Gasteiger partial charge in [-0.2, -0.15) is 0 Å². The number of aryl methyl sites for hydroxylation is 1. The zero-order chi connectivity index (χ0) is 17.4. The van der Waals surface area contributed by atoms with Gasteiger partial charge < -0.3 is 14.6 Å². The highest BCUT2D eigenvalue weighted by Crippen LogP contribution is 2.34. The van der Waals surface area contributed by atoms with Crippen LogP contribution >= 0.6 is 11.6 Å². The van der Waals surface area contributed by atoms with Crippen LogP contribution < -0.4 is 0 Å². The van der Waals surface area contributed by atoms with Crippen LogP contribution in [0.25, 0.3) is 22.4 Å². The molecule has 8 heteroatoms. The van der Waals surface area contributed by atoms with Crippen LogP contribution in [0.5, 0.6) is 5.75 Å². The van der Waals surface area contributed by atoms with Crippen molar-refractivity contribution in [2.75, 3.05) is 14.1 Å². The molecule has 0 bridgehead atoms. The molecule has 2 aromatic heterocycles. The number of carbonyl (C=O) groups is 1. The van der Waals surface area contributed by atoms with Crippen molar-refractivity contribution < 1.29 is 9.90 Å². The monoisotopic (exact) mass is 345 g/mol. The van der Waals surface area contributed by atoms with Crippen LogP contribution in [0.15, 0.2) is 24.5 Å². The summed E-state index contributed by atoms with van der Waals surface area (Å²) in [6, 6.07) is 4.94. The first-order valence-electron chi connectivity index (χ1n) is 7.25. The lowest BCUT2D eigenvalue weighted by atomic mass is 10.0. The van der Waals surface area contributed by atoms with Gasteiger partial charge in [0.25, 0.3) is 0 Å². The Balaban J connectivity index is 2.04. The average Bonchev–Trinajstić information content (AvgIpc) is 2.88. The zero-order valence-corrected chi connectivity index (χ0v) is 14.2. The number of likely N-dealkylation sites (N-methyl/N-ethyl adjacent to an activating group) is 1. The van der Waals surface area contributed by atoms with E-state index >= 15 is 0 Å². The van der Waals surface area contributed by atoms with E-state index < -0.39 is 0 Å². The lowest BCUT2D eigenvalue weighted by Gasteiger charge is -2.11. The van der Waals surface area contributed by atoms with Gasteiger partial charge in [0.15, 0.2) is 5.65 Å². The molecule has 1 amide bonds. The molecular weight excluding hydrogens is 330 g/mol. The number of imidazole rings is 1. The Morgan fingerprint density at radius 1 is 1.29 bits per heavy atom. The lowest BCUT2D eigenvalue weighted by Crippen LogP contribution is -2.26. The van der Waals surface area contributed by atoms with Crippen molar-refractivity contribution >= 4 is 28.7 Å². The van der Waals surface area contributed by atoms with Gasteiger partial charge in [0, 0.05) is 24.7 Å². The number of fused-ring (bicyclic) bond motifs is 1. The van der Waals surface area contributed by atoms with Crippen LogP contribution in [-0.4, -0.2) is 49.8 Å². The molecule has 3 rings (SSSR count). The highest BCUT2D eigenvalue weighted by atomic mass is 35.5. The summed E-state index contributed by atoms with van der Waals surface area (Å²) in [4.78, 5) is 17.6. The topological polar surface area (TPSA) is 84.1 Å². The van der Waals surface area contributed by atoms with E-state index in [0.717, 1.165) is 5.56 Å². The summed E-state index contributed by atoms with van der Waals surface area (Å²) in [5.74, 6) is -0.0257. The van der Waals surface area contributed by atoms with Gasteiger partial charge in [-0.15, -0.1) is 10.2 Å². The molecule has 0 aliphatic rings. The Bertz CT molecular complexity index is 912. The molecule has 0 aliphatic heterocycles. The third kappa shape index (κ3) is 2.90. The third-order valence-corrected chi connectivity index (χ3v) is 3.92. The Hall–Kier alpha value is -2.67. The lowest BCUT2D eigenvalue weighted by molar-refractivity contribution is -0.129. The normalized spacial score (nSPS) is 11.0. The molecule has 0 spiro atoms. The van der Waals surface area contributed by atoms with Crippen molar-refractivity contribution in [2.45, 2.75) is 13.5 Å². The first-order chi connectivity index (χ1) is 11.4. The number of nitrogens with zero attached hydrogens (tertiary/aromatic N) is 5. The molecule has 124 valence electrons. The molecule has 0 atom stereocenters. The smallest absolute Gasteiger partial charge is 0.242 e. The summed E-state index contributed by atoms with van der Waals surface area (Å²) in [5.41, 5.74) is 2.96. The first-order valence-corrected chi connectivity index (χ1v) is 7.63. The molecule has 0 saturated heterocycles. The van der Waals surface area contributed by atoms with Gasteiger partial charge in [-0.1, -0.05) is 11.6 Å². The minimum atomic E-state index is -0.0635. The first kappa shape index (κ1) is 16.2. The second kappa shape index (κ2) is 6.09. The molecule has 1 N–H and O–H groups in total. The maximum atomic E-state index is 11.8. The molecule has 0 saturated carbocycles. The van der Waals surface area contributed by atoms with E-state index in [1.807, 2.05) is 6.92 Å². The molecule has 3 aromatic rings. The van der Waals surface area contributed by atoms with Gasteiger partial charge in [0.2, 0.25) is 5.91 Å². The summed E-state index contributed by atoms with van der Waals surface area (Å²) in [7, 11) is 3.38. The highest BCUT2D eigenvalue weighted by molar-refractivity contribution is 6.31. The molecule has 1 aromatic carbocycles.